The largest absolute Gasteiger partial charge is 0.348 e. The van der Waals surface area contributed by atoms with Crippen molar-refractivity contribution in [1.29, 1.82) is 0 Å². The van der Waals surface area contributed by atoms with Gasteiger partial charge >= 0.3 is 0 Å². The first kappa shape index (κ1) is 10.5. The Morgan fingerprint density at radius 2 is 1.77 bits per heavy atom. The Kier molecular flexibility index (Phi) is 3.70. The molecule has 2 heteroatoms. The summed E-state index contributed by atoms with van der Waals surface area (Å²) in [7, 11) is 0. The highest BCUT2D eigenvalue weighted by Gasteiger charge is 2.26. The van der Waals surface area contributed by atoms with Gasteiger partial charge in [0.25, 0.3) is 0 Å². The van der Waals surface area contributed by atoms with Crippen LogP contribution in [-0.4, -0.2) is 19.5 Å². The summed E-state index contributed by atoms with van der Waals surface area (Å²) in [6.45, 7) is 7.78. The van der Waals surface area contributed by atoms with Gasteiger partial charge in [-0.25, -0.2) is 0 Å². The van der Waals surface area contributed by atoms with Gasteiger partial charge in [-0.15, -0.1) is 0 Å². The third-order valence-corrected chi connectivity index (χ3v) is 1.85. The van der Waals surface area contributed by atoms with Gasteiger partial charge < -0.3 is 9.47 Å². The Balaban J connectivity index is 2.33. The molecule has 1 heterocycles. The Bertz CT molecular complexity index is 194. The summed E-state index contributed by atoms with van der Waals surface area (Å²) in [6, 6.07) is 0. The Labute approximate surface area is 80.2 Å². The van der Waals surface area contributed by atoms with Crippen molar-refractivity contribution in [2.24, 2.45) is 5.41 Å². The summed E-state index contributed by atoms with van der Waals surface area (Å²) in [6.07, 6.45) is 7.65. The summed E-state index contributed by atoms with van der Waals surface area (Å²) in [4.78, 5) is 0. The van der Waals surface area contributed by atoms with E-state index in [4.69, 9.17) is 9.47 Å². The van der Waals surface area contributed by atoms with Crippen molar-refractivity contribution in [3.63, 3.8) is 0 Å². The smallest absolute Gasteiger partial charge is 0.177 e. The maximum Gasteiger partial charge on any atom is 0.177 e. The average Bonchev–Trinajstić information content (AvgIpc) is 2.08. The highest BCUT2D eigenvalue weighted by atomic mass is 16.7. The van der Waals surface area contributed by atoms with Gasteiger partial charge in [0.15, 0.2) is 6.29 Å². The van der Waals surface area contributed by atoms with Crippen molar-refractivity contribution in [3.05, 3.63) is 24.3 Å². The molecule has 0 aliphatic carbocycles. The van der Waals surface area contributed by atoms with Crippen molar-refractivity contribution < 1.29 is 9.47 Å². The molecule has 0 bridgehead atoms. The molecule has 0 radical (unpaired) electrons. The minimum Gasteiger partial charge on any atom is -0.348 e. The van der Waals surface area contributed by atoms with Gasteiger partial charge in [-0.05, 0) is 13.0 Å². The lowest BCUT2D eigenvalue weighted by atomic mass is 9.96. The lowest BCUT2D eigenvalue weighted by Gasteiger charge is -2.33. The van der Waals surface area contributed by atoms with Crippen molar-refractivity contribution >= 4 is 0 Å². The van der Waals surface area contributed by atoms with Crippen LogP contribution in [0.5, 0.6) is 0 Å². The molecule has 1 rings (SSSR count). The fourth-order valence-corrected chi connectivity index (χ4v) is 1.08. The SMILES string of the molecule is CC=CC=CC1OCC(C)(C)CO1. The summed E-state index contributed by atoms with van der Waals surface area (Å²) in [5.41, 5.74) is 0.158. The van der Waals surface area contributed by atoms with Crippen molar-refractivity contribution in [3.8, 4) is 0 Å². The Morgan fingerprint density at radius 3 is 2.31 bits per heavy atom. The molecule has 74 valence electrons. The van der Waals surface area contributed by atoms with E-state index in [9.17, 15) is 0 Å². The molecule has 0 spiro atoms. The first-order valence-electron chi connectivity index (χ1n) is 4.67. The second-order valence-electron chi connectivity index (χ2n) is 4.07. The molecule has 0 saturated carbocycles. The second kappa shape index (κ2) is 4.58. The zero-order valence-corrected chi connectivity index (χ0v) is 8.62. The summed E-state index contributed by atoms with van der Waals surface area (Å²) >= 11 is 0. The molecule has 1 aliphatic heterocycles. The van der Waals surface area contributed by atoms with Crippen molar-refractivity contribution in [2.75, 3.05) is 13.2 Å². The van der Waals surface area contributed by atoms with Crippen LogP contribution in [0.25, 0.3) is 0 Å². The molecular formula is C11H18O2. The molecule has 13 heavy (non-hydrogen) atoms. The van der Waals surface area contributed by atoms with E-state index in [0.29, 0.717) is 0 Å². The molecule has 2 nitrogen and oxygen atoms in total. The van der Waals surface area contributed by atoms with Gasteiger partial charge in [-0.2, -0.15) is 0 Å². The lowest BCUT2D eigenvalue weighted by molar-refractivity contribution is -0.197. The fraction of sp³-hybridized carbons (Fsp3) is 0.636. The van der Waals surface area contributed by atoms with Crippen LogP contribution in [0.1, 0.15) is 20.8 Å². The molecule has 1 aliphatic rings. The zero-order valence-electron chi connectivity index (χ0n) is 8.62. The van der Waals surface area contributed by atoms with Gasteiger partial charge in [0.2, 0.25) is 0 Å². The Morgan fingerprint density at radius 1 is 1.15 bits per heavy atom. The van der Waals surface area contributed by atoms with Gasteiger partial charge in [0.05, 0.1) is 13.2 Å². The van der Waals surface area contributed by atoms with E-state index in [1.54, 1.807) is 0 Å². The maximum absolute atomic E-state index is 5.50. The Hall–Kier alpha value is -0.600. The van der Waals surface area contributed by atoms with Crippen molar-refractivity contribution in [2.45, 2.75) is 27.1 Å². The van der Waals surface area contributed by atoms with Crippen LogP contribution < -0.4 is 0 Å². The summed E-state index contributed by atoms with van der Waals surface area (Å²) < 4.78 is 11.0. The summed E-state index contributed by atoms with van der Waals surface area (Å²) in [5.74, 6) is 0. The molecule has 0 amide bonds. The minimum atomic E-state index is -0.163. The van der Waals surface area contributed by atoms with E-state index in [1.165, 1.54) is 0 Å². The number of rotatable bonds is 2. The molecule has 0 aromatic carbocycles. The van der Waals surface area contributed by atoms with Crippen LogP contribution in [0.15, 0.2) is 24.3 Å². The monoisotopic (exact) mass is 182 g/mol. The first-order valence-corrected chi connectivity index (χ1v) is 4.67. The maximum atomic E-state index is 5.50. The van der Waals surface area contributed by atoms with E-state index in [1.807, 2.05) is 31.2 Å². The second-order valence-corrected chi connectivity index (χ2v) is 4.07. The lowest BCUT2D eigenvalue weighted by Crippen LogP contribution is -2.36. The molecular weight excluding hydrogens is 164 g/mol. The predicted molar refractivity (Wildman–Crippen MR) is 53.4 cm³/mol. The quantitative estimate of drug-likeness (QED) is 0.611. The summed E-state index contributed by atoms with van der Waals surface area (Å²) in [5, 5.41) is 0. The fourth-order valence-electron chi connectivity index (χ4n) is 1.08. The highest BCUT2D eigenvalue weighted by Crippen LogP contribution is 2.23. The zero-order chi connectivity index (χ0) is 9.73. The van der Waals surface area contributed by atoms with E-state index in [0.717, 1.165) is 13.2 Å². The van der Waals surface area contributed by atoms with E-state index >= 15 is 0 Å². The van der Waals surface area contributed by atoms with Crippen LogP contribution >= 0.6 is 0 Å². The van der Waals surface area contributed by atoms with Crippen LogP contribution in [0.2, 0.25) is 0 Å². The van der Waals surface area contributed by atoms with Crippen molar-refractivity contribution in [1.82, 2.24) is 0 Å². The number of allylic oxidation sites excluding steroid dienone is 3. The molecule has 0 aromatic rings. The van der Waals surface area contributed by atoms with Gasteiger partial charge in [-0.3, -0.25) is 0 Å². The van der Waals surface area contributed by atoms with Crippen LogP contribution in [0.3, 0.4) is 0 Å². The van der Waals surface area contributed by atoms with E-state index in [2.05, 4.69) is 13.8 Å². The van der Waals surface area contributed by atoms with E-state index in [-0.39, 0.29) is 11.7 Å². The minimum absolute atomic E-state index is 0.158. The van der Waals surface area contributed by atoms with Gasteiger partial charge in [-0.1, -0.05) is 32.1 Å². The van der Waals surface area contributed by atoms with E-state index < -0.39 is 0 Å². The molecule has 0 aromatic heterocycles. The van der Waals surface area contributed by atoms with Crippen LogP contribution in [0.4, 0.5) is 0 Å². The number of ether oxygens (including phenoxy) is 2. The molecule has 0 atom stereocenters. The topological polar surface area (TPSA) is 18.5 Å². The first-order chi connectivity index (χ1) is 6.14. The highest BCUT2D eigenvalue weighted by molar-refractivity contribution is 5.02. The average molecular weight is 182 g/mol. The molecule has 1 saturated heterocycles. The van der Waals surface area contributed by atoms with Crippen LogP contribution in [-0.2, 0) is 9.47 Å². The molecule has 0 N–H and O–H groups in total. The standard InChI is InChI=1S/C11H18O2/c1-4-5-6-7-10-12-8-11(2,3)9-13-10/h4-7,10H,8-9H2,1-3H3. The van der Waals surface area contributed by atoms with Crippen LogP contribution in [0, 0.1) is 5.41 Å². The molecule has 1 fully saturated rings. The number of hydrogen-bond donors (Lipinski definition) is 0. The molecule has 0 unspecified atom stereocenters. The normalized spacial score (nSPS) is 24.5. The third kappa shape index (κ3) is 3.75. The number of hydrogen-bond acceptors (Lipinski definition) is 2. The van der Waals surface area contributed by atoms with Gasteiger partial charge in [0, 0.05) is 5.41 Å². The third-order valence-electron chi connectivity index (χ3n) is 1.85. The van der Waals surface area contributed by atoms with Gasteiger partial charge in [0.1, 0.15) is 0 Å². The predicted octanol–water partition coefficient (Wildman–Crippen LogP) is 2.52.